The van der Waals surface area contributed by atoms with Gasteiger partial charge in [0.2, 0.25) is 0 Å². The molecule has 26 heavy (non-hydrogen) atoms. The fourth-order valence-electron chi connectivity index (χ4n) is 2.83. The molecule has 3 N–H and O–H groups in total. The van der Waals surface area contributed by atoms with Crippen LogP contribution in [0.15, 0.2) is 0 Å². The molecule has 3 heterocycles. The molecule has 0 atom stereocenters. The summed E-state index contributed by atoms with van der Waals surface area (Å²) in [4.78, 5) is 0. The summed E-state index contributed by atoms with van der Waals surface area (Å²) < 4.78 is 4.00. The van der Waals surface area contributed by atoms with Gasteiger partial charge in [-0.2, -0.15) is 0 Å². The topological polar surface area (TPSA) is 155 Å². The minimum Gasteiger partial charge on any atom is -0.907 e. The quantitative estimate of drug-likeness (QED) is 0.393. The van der Waals surface area contributed by atoms with E-state index in [4.69, 9.17) is 15.1 Å². The monoisotopic (exact) mass is 396 g/mol. The zero-order valence-electron chi connectivity index (χ0n) is 15.6. The third kappa shape index (κ3) is 4.08. The SMILES string of the molecule is Cc1n[nH]c(C)[c]1[Cr+3]([c]1c(C)n[nH]c1C)[c]1c(C)n[nH]c1C.[O-]B([O-])[O-]. The van der Waals surface area contributed by atoms with E-state index in [1.165, 1.54) is 13.3 Å². The molecular weight excluding hydrogens is 375 g/mol. The molecule has 11 heteroatoms. The number of hydrogen-bond acceptors (Lipinski definition) is 6. The first kappa shape index (κ1) is 20.4. The molecule has 0 saturated heterocycles. The van der Waals surface area contributed by atoms with Crippen LogP contribution in [0.3, 0.4) is 0 Å². The second kappa shape index (κ2) is 8.20. The number of nitrogens with zero attached hydrogens (tertiary/aromatic N) is 3. The van der Waals surface area contributed by atoms with Gasteiger partial charge in [0.05, 0.1) is 0 Å². The van der Waals surface area contributed by atoms with E-state index in [9.17, 15) is 0 Å². The average molecular weight is 396 g/mol. The van der Waals surface area contributed by atoms with Crippen LogP contribution in [0.5, 0.6) is 0 Å². The Morgan fingerprint density at radius 2 is 0.846 bits per heavy atom. The maximum absolute atomic E-state index is 8.42. The molecule has 0 aliphatic heterocycles. The number of aryl methyl sites for hydroxylation is 6. The Hall–Kier alpha value is -1.89. The number of H-pyrrole nitrogens is 3. The van der Waals surface area contributed by atoms with E-state index in [1.807, 2.05) is 0 Å². The van der Waals surface area contributed by atoms with Crippen LogP contribution >= 0.6 is 0 Å². The van der Waals surface area contributed by atoms with Gasteiger partial charge in [-0.25, -0.2) is 0 Å². The first-order chi connectivity index (χ1) is 12.1. The van der Waals surface area contributed by atoms with E-state index in [1.54, 1.807) is 0 Å². The van der Waals surface area contributed by atoms with Crippen molar-refractivity contribution in [1.82, 2.24) is 30.6 Å². The van der Waals surface area contributed by atoms with E-state index in [0.717, 1.165) is 34.2 Å². The van der Waals surface area contributed by atoms with Crippen LogP contribution in [0.25, 0.3) is 0 Å². The molecule has 0 aliphatic rings. The van der Waals surface area contributed by atoms with Crippen molar-refractivity contribution in [2.75, 3.05) is 0 Å². The normalized spacial score (nSPS) is 10.5. The standard InChI is InChI=1S/3C5H7N2.BO3.Cr/c3*1-4-3-5(2)7-6-4;2-1(3)4;/h3*1-2H3,(H,6,7);;/q;;;-3;+3. The molecular formula is C15H21BCrN6O3. The van der Waals surface area contributed by atoms with Gasteiger partial charge in [-0.1, -0.05) is 0 Å². The van der Waals surface area contributed by atoms with Crippen molar-refractivity contribution in [2.24, 2.45) is 0 Å². The number of aromatic amines is 3. The molecule has 0 saturated carbocycles. The van der Waals surface area contributed by atoms with Crippen molar-refractivity contribution in [3.63, 3.8) is 0 Å². The molecule has 0 unspecified atom stereocenters. The number of hydrogen-bond donors (Lipinski definition) is 3. The zero-order chi connectivity index (χ0) is 19.6. The van der Waals surface area contributed by atoms with Crippen LogP contribution in [0.1, 0.15) is 34.2 Å². The minimum absolute atomic E-state index is 1.07. The van der Waals surface area contributed by atoms with Crippen LogP contribution in [0.4, 0.5) is 0 Å². The van der Waals surface area contributed by atoms with Gasteiger partial charge in [0.15, 0.2) is 0 Å². The fraction of sp³-hybridized carbons (Fsp3) is 0.400. The van der Waals surface area contributed by atoms with Crippen molar-refractivity contribution in [3.8, 4) is 0 Å². The van der Waals surface area contributed by atoms with E-state index >= 15 is 0 Å². The molecule has 0 amide bonds. The largest absolute Gasteiger partial charge is 0.907 e. The van der Waals surface area contributed by atoms with Crippen LogP contribution in [0.2, 0.25) is 0 Å². The van der Waals surface area contributed by atoms with E-state index < -0.39 is 21.5 Å². The van der Waals surface area contributed by atoms with Gasteiger partial charge >= 0.3 is 134 Å². The Morgan fingerprint density at radius 1 is 0.615 bits per heavy atom. The molecule has 9 nitrogen and oxygen atoms in total. The van der Waals surface area contributed by atoms with E-state index in [0.29, 0.717) is 0 Å². The van der Waals surface area contributed by atoms with Gasteiger partial charge < -0.3 is 15.1 Å². The molecule has 0 aliphatic carbocycles. The Labute approximate surface area is 156 Å². The summed E-state index contributed by atoms with van der Waals surface area (Å²) in [5, 5.41) is 47.9. The van der Waals surface area contributed by atoms with Gasteiger partial charge in [-0.05, 0) is 0 Å². The maximum Gasteiger partial charge on any atom is -0.278 e. The molecule has 0 aromatic carbocycles. The van der Waals surface area contributed by atoms with Crippen molar-refractivity contribution >= 4 is 20.6 Å². The average Bonchev–Trinajstić information content (AvgIpc) is 3.16. The molecule has 3 rings (SSSR count). The first-order valence-corrected chi connectivity index (χ1v) is 9.82. The Bertz CT molecular complexity index is 717. The molecule has 138 valence electrons. The van der Waals surface area contributed by atoms with Crippen LogP contribution < -0.4 is 28.3 Å². The van der Waals surface area contributed by atoms with E-state index in [-0.39, 0.29) is 0 Å². The predicted molar refractivity (Wildman–Crippen MR) is 88.8 cm³/mol. The van der Waals surface area contributed by atoms with Crippen molar-refractivity contribution in [3.05, 3.63) is 34.2 Å². The summed E-state index contributed by atoms with van der Waals surface area (Å²) in [6.45, 7) is 12.5. The number of aromatic nitrogens is 6. The first-order valence-electron chi connectivity index (χ1n) is 7.91. The molecule has 0 spiro atoms. The molecule has 0 radical (unpaired) electrons. The van der Waals surface area contributed by atoms with Gasteiger partial charge in [-0.15, -0.1) is 0 Å². The summed E-state index contributed by atoms with van der Waals surface area (Å²) in [5.41, 5.74) is 6.64. The summed E-state index contributed by atoms with van der Waals surface area (Å²) in [6.07, 6.45) is 0. The minimum atomic E-state index is -2.92. The molecule has 3 aromatic heterocycles. The molecule has 0 bridgehead atoms. The molecule has 3 aromatic rings. The second-order valence-electron chi connectivity index (χ2n) is 5.88. The summed E-state index contributed by atoms with van der Waals surface area (Å²) in [5.74, 6) is 0. The molecule has 0 fully saturated rings. The Kier molecular flexibility index (Phi) is 6.44. The third-order valence-corrected chi connectivity index (χ3v) is 8.52. The Morgan fingerprint density at radius 3 is 1.00 bits per heavy atom. The smallest absolute Gasteiger partial charge is 0.278 e. The van der Waals surface area contributed by atoms with Gasteiger partial charge in [0.25, 0.3) is 0 Å². The number of rotatable bonds is 3. The maximum atomic E-state index is 8.42. The van der Waals surface area contributed by atoms with Crippen molar-refractivity contribution in [1.29, 1.82) is 0 Å². The van der Waals surface area contributed by atoms with Crippen LogP contribution in [-0.2, 0) is 14.1 Å². The summed E-state index contributed by atoms with van der Waals surface area (Å²) in [6, 6.07) is 0. The third-order valence-electron chi connectivity index (χ3n) is 3.79. The summed E-state index contributed by atoms with van der Waals surface area (Å²) >= 11 is -1.50. The van der Waals surface area contributed by atoms with Crippen LogP contribution in [-0.4, -0.2) is 37.9 Å². The van der Waals surface area contributed by atoms with Crippen molar-refractivity contribution in [2.45, 2.75) is 41.5 Å². The Balaban J connectivity index is 0.000000552. The van der Waals surface area contributed by atoms with Crippen molar-refractivity contribution < 1.29 is 29.2 Å². The van der Waals surface area contributed by atoms with Gasteiger partial charge in [0.1, 0.15) is 0 Å². The summed E-state index contributed by atoms with van der Waals surface area (Å²) in [7, 11) is -2.92. The van der Waals surface area contributed by atoms with Crippen LogP contribution in [0, 0.1) is 41.5 Å². The van der Waals surface area contributed by atoms with Gasteiger partial charge in [-0.3, -0.25) is 7.32 Å². The van der Waals surface area contributed by atoms with Gasteiger partial charge in [0, 0.05) is 0 Å². The number of nitrogens with one attached hydrogen (secondary N) is 3. The fourth-order valence-corrected chi connectivity index (χ4v) is 7.03. The zero-order valence-corrected chi connectivity index (χ0v) is 16.8. The predicted octanol–water partition coefficient (Wildman–Crippen LogP) is -3.35. The second-order valence-corrected chi connectivity index (χ2v) is 8.75. The van der Waals surface area contributed by atoms with E-state index in [2.05, 4.69) is 72.1 Å².